The van der Waals surface area contributed by atoms with Crippen molar-refractivity contribution < 1.29 is 19.5 Å². The summed E-state index contributed by atoms with van der Waals surface area (Å²) in [6.07, 6.45) is 4.60. The van der Waals surface area contributed by atoms with Crippen molar-refractivity contribution in [3.8, 4) is 23.6 Å². The molecular formula is C28H32N4O4. The number of anilines is 1. The molecule has 0 fully saturated rings. The molecule has 0 radical (unpaired) electrons. The maximum atomic E-state index is 13.1. The lowest BCUT2D eigenvalue weighted by atomic mass is 10.1. The smallest absolute Gasteiger partial charge is 0.335 e. The van der Waals surface area contributed by atoms with Gasteiger partial charge in [0.15, 0.2) is 0 Å². The van der Waals surface area contributed by atoms with Crippen LogP contribution in [-0.2, 0) is 17.9 Å². The number of rotatable bonds is 5. The zero-order valence-electron chi connectivity index (χ0n) is 21.3. The van der Waals surface area contributed by atoms with Crippen LogP contribution in [0, 0.1) is 19.3 Å². The van der Waals surface area contributed by atoms with Crippen LogP contribution < -0.4 is 5.32 Å². The fourth-order valence-corrected chi connectivity index (χ4v) is 3.72. The Hall–Kier alpha value is -4.38. The quantitative estimate of drug-likeness (QED) is 0.500. The number of carboxylic acid groups (broad SMARTS) is 1. The summed E-state index contributed by atoms with van der Waals surface area (Å²) in [4.78, 5) is 37.6. The lowest BCUT2D eigenvalue weighted by molar-refractivity contribution is -0.114. The number of amides is 2. The molecule has 36 heavy (non-hydrogen) atoms. The topological polar surface area (TPSA) is 105 Å². The lowest BCUT2D eigenvalue weighted by Gasteiger charge is -2.27. The molecule has 0 spiro atoms. The largest absolute Gasteiger partial charge is 0.478 e. The fraction of sp³-hybridized carbons (Fsp3) is 0.286. The monoisotopic (exact) mass is 488 g/mol. The predicted octanol–water partition coefficient (Wildman–Crippen LogP) is 4.84. The standard InChI is InChI=1S/C23H22N4O4.C3H4.C2H6/c1-14-6-7-18(19(10-14)24-15(2)28)20-12-21-22(29)26(8-9-27(21)25-20)13-16-4-3-5-17(11-16)23(30)31;1-3-2;1-2/h3-7,10-12H,8-9,13H2,1-2H3,(H,24,28)(H,30,31);1H,2H3;1-2H3. The Balaban J connectivity index is 0.000000850. The van der Waals surface area contributed by atoms with Crippen molar-refractivity contribution in [2.75, 3.05) is 11.9 Å². The highest BCUT2D eigenvalue weighted by molar-refractivity contribution is 5.97. The van der Waals surface area contributed by atoms with Gasteiger partial charge < -0.3 is 15.3 Å². The normalized spacial score (nSPS) is 11.7. The van der Waals surface area contributed by atoms with E-state index in [1.54, 1.807) is 34.7 Å². The molecule has 188 valence electrons. The van der Waals surface area contributed by atoms with Gasteiger partial charge in [-0.2, -0.15) is 5.10 Å². The van der Waals surface area contributed by atoms with Gasteiger partial charge in [-0.05, 0) is 49.2 Å². The highest BCUT2D eigenvalue weighted by Gasteiger charge is 2.27. The van der Waals surface area contributed by atoms with Gasteiger partial charge in [0.25, 0.3) is 5.91 Å². The molecule has 2 amide bonds. The number of carbonyl (C=O) groups is 3. The van der Waals surface area contributed by atoms with E-state index in [0.717, 1.165) is 16.7 Å². The first-order chi connectivity index (χ1) is 17.2. The number of hydrogen-bond donors (Lipinski definition) is 2. The molecule has 0 atom stereocenters. The molecule has 4 rings (SSSR count). The van der Waals surface area contributed by atoms with Crippen molar-refractivity contribution in [1.82, 2.24) is 14.7 Å². The van der Waals surface area contributed by atoms with Crippen LogP contribution in [0.1, 0.15) is 59.7 Å². The summed E-state index contributed by atoms with van der Waals surface area (Å²) in [5.74, 6) is 0.906. The molecule has 0 unspecified atom stereocenters. The van der Waals surface area contributed by atoms with Crippen LogP contribution in [0.2, 0.25) is 0 Å². The van der Waals surface area contributed by atoms with Gasteiger partial charge in [0.2, 0.25) is 5.91 Å². The highest BCUT2D eigenvalue weighted by Crippen LogP contribution is 2.30. The van der Waals surface area contributed by atoms with Crippen molar-refractivity contribution >= 4 is 23.5 Å². The Bertz CT molecular complexity index is 1290. The number of terminal acetylenes is 1. The van der Waals surface area contributed by atoms with Gasteiger partial charge in [0.05, 0.1) is 23.5 Å². The molecule has 2 N–H and O–H groups in total. The second-order valence-corrected chi connectivity index (χ2v) is 7.89. The maximum Gasteiger partial charge on any atom is 0.335 e. The third-order valence-corrected chi connectivity index (χ3v) is 5.18. The van der Waals surface area contributed by atoms with Gasteiger partial charge in [-0.3, -0.25) is 14.3 Å². The minimum atomic E-state index is -0.998. The number of carbonyl (C=O) groups excluding carboxylic acids is 2. The van der Waals surface area contributed by atoms with Crippen LogP contribution in [0.5, 0.6) is 0 Å². The Labute approximate surface area is 211 Å². The van der Waals surface area contributed by atoms with E-state index in [1.807, 2.05) is 45.0 Å². The molecule has 8 heteroatoms. The maximum absolute atomic E-state index is 13.1. The van der Waals surface area contributed by atoms with Crippen LogP contribution in [0.4, 0.5) is 5.69 Å². The third kappa shape index (κ3) is 6.83. The minimum Gasteiger partial charge on any atom is -0.478 e. The van der Waals surface area contributed by atoms with Crippen LogP contribution in [0.25, 0.3) is 11.3 Å². The van der Waals surface area contributed by atoms with Crippen LogP contribution in [0.3, 0.4) is 0 Å². The average Bonchev–Trinajstić information content (AvgIpc) is 3.27. The number of aromatic nitrogens is 2. The minimum absolute atomic E-state index is 0.168. The van der Waals surface area contributed by atoms with Gasteiger partial charge in [-0.1, -0.05) is 38.1 Å². The summed E-state index contributed by atoms with van der Waals surface area (Å²) in [6, 6.07) is 14.0. The van der Waals surface area contributed by atoms with Crippen molar-refractivity contribution in [3.63, 3.8) is 0 Å². The van der Waals surface area contributed by atoms with E-state index in [1.165, 1.54) is 13.0 Å². The number of fused-ring (bicyclic) bond motifs is 1. The summed E-state index contributed by atoms with van der Waals surface area (Å²) in [5, 5.41) is 16.6. The number of aromatic carboxylic acids is 1. The molecule has 0 bridgehead atoms. The van der Waals surface area contributed by atoms with Gasteiger partial charge in [-0.15, -0.1) is 12.3 Å². The number of carboxylic acids is 1. The Morgan fingerprint density at radius 1 is 1.14 bits per heavy atom. The molecule has 0 aliphatic carbocycles. The van der Waals surface area contributed by atoms with E-state index in [9.17, 15) is 19.5 Å². The second kappa shape index (κ2) is 12.9. The van der Waals surface area contributed by atoms with E-state index in [4.69, 9.17) is 0 Å². The molecule has 0 saturated carbocycles. The van der Waals surface area contributed by atoms with Crippen molar-refractivity contribution in [2.24, 2.45) is 0 Å². The van der Waals surface area contributed by atoms with Crippen LogP contribution in [0.15, 0.2) is 48.5 Å². The predicted molar refractivity (Wildman–Crippen MR) is 141 cm³/mol. The molecular weight excluding hydrogens is 456 g/mol. The summed E-state index contributed by atoms with van der Waals surface area (Å²) < 4.78 is 1.68. The average molecular weight is 489 g/mol. The second-order valence-electron chi connectivity index (χ2n) is 7.89. The number of hydrogen-bond acceptors (Lipinski definition) is 4. The van der Waals surface area contributed by atoms with E-state index in [0.29, 0.717) is 36.7 Å². The number of benzene rings is 2. The zero-order chi connectivity index (χ0) is 26.8. The van der Waals surface area contributed by atoms with E-state index >= 15 is 0 Å². The molecule has 2 aromatic carbocycles. The third-order valence-electron chi connectivity index (χ3n) is 5.18. The molecule has 0 saturated heterocycles. The van der Waals surface area contributed by atoms with Gasteiger partial charge >= 0.3 is 5.97 Å². The molecule has 1 aliphatic heterocycles. The van der Waals surface area contributed by atoms with Crippen molar-refractivity contribution in [1.29, 1.82) is 0 Å². The number of nitrogens with one attached hydrogen (secondary N) is 1. The molecule has 3 aromatic rings. The van der Waals surface area contributed by atoms with Gasteiger partial charge in [-0.25, -0.2) is 4.79 Å². The molecule has 1 aromatic heterocycles. The molecule has 1 aliphatic rings. The summed E-state index contributed by atoms with van der Waals surface area (Å²) in [6.45, 7) is 10.4. The summed E-state index contributed by atoms with van der Waals surface area (Å²) in [7, 11) is 0. The fourth-order valence-electron chi connectivity index (χ4n) is 3.72. The lowest BCUT2D eigenvalue weighted by Crippen LogP contribution is -2.39. The Morgan fingerprint density at radius 3 is 2.47 bits per heavy atom. The van der Waals surface area contributed by atoms with Gasteiger partial charge in [0.1, 0.15) is 5.69 Å². The van der Waals surface area contributed by atoms with Crippen molar-refractivity contribution in [3.05, 3.63) is 70.9 Å². The van der Waals surface area contributed by atoms with Crippen LogP contribution >= 0.6 is 0 Å². The Kier molecular flexibility index (Phi) is 9.99. The Morgan fingerprint density at radius 2 is 1.83 bits per heavy atom. The van der Waals surface area contributed by atoms with Crippen LogP contribution in [-0.4, -0.2) is 44.1 Å². The first kappa shape index (κ1) is 27.9. The SMILES string of the molecule is C#CC.CC.CC(=O)Nc1cc(C)ccc1-c1cc2n(n1)CCN(Cc1cccc(C(=O)O)c1)C2=O. The number of aryl methyl sites for hydroxylation is 1. The number of nitrogens with zero attached hydrogens (tertiary/aromatic N) is 3. The zero-order valence-corrected chi connectivity index (χ0v) is 21.3. The summed E-state index contributed by atoms with van der Waals surface area (Å²) >= 11 is 0. The van der Waals surface area contributed by atoms with Gasteiger partial charge in [0, 0.05) is 25.6 Å². The van der Waals surface area contributed by atoms with Crippen molar-refractivity contribution in [2.45, 2.75) is 47.7 Å². The molecule has 8 nitrogen and oxygen atoms in total. The van der Waals surface area contributed by atoms with E-state index in [-0.39, 0.29) is 17.4 Å². The first-order valence-electron chi connectivity index (χ1n) is 11.7. The highest BCUT2D eigenvalue weighted by atomic mass is 16.4. The first-order valence-corrected chi connectivity index (χ1v) is 11.7. The summed E-state index contributed by atoms with van der Waals surface area (Å²) in [5.41, 5.74) is 4.43. The van der Waals surface area contributed by atoms with E-state index in [2.05, 4.69) is 22.8 Å². The van der Waals surface area contributed by atoms with E-state index < -0.39 is 5.97 Å². The molecule has 2 heterocycles.